The summed E-state index contributed by atoms with van der Waals surface area (Å²) in [5.41, 5.74) is 2.47. The van der Waals surface area contributed by atoms with Crippen molar-refractivity contribution >= 4 is 23.2 Å². The fourth-order valence-corrected chi connectivity index (χ4v) is 1.74. The van der Waals surface area contributed by atoms with Crippen LogP contribution in [0.1, 0.15) is 29.8 Å². The average Bonchev–Trinajstić information content (AvgIpc) is 2.43. The molecule has 1 atom stereocenters. The van der Waals surface area contributed by atoms with Gasteiger partial charge >= 0.3 is 0 Å². The molecule has 3 N–H and O–H groups in total. The van der Waals surface area contributed by atoms with Crippen LogP contribution in [-0.2, 0) is 0 Å². The second kappa shape index (κ2) is 8.12. The molecule has 1 amide bonds. The highest BCUT2D eigenvalue weighted by Crippen LogP contribution is 2.17. The van der Waals surface area contributed by atoms with E-state index in [1.165, 1.54) is 0 Å². The van der Waals surface area contributed by atoms with Gasteiger partial charge in [0.15, 0.2) is 0 Å². The van der Waals surface area contributed by atoms with Gasteiger partial charge in [-0.25, -0.2) is 0 Å². The van der Waals surface area contributed by atoms with E-state index in [1.54, 1.807) is 12.1 Å². The Morgan fingerprint density at radius 3 is 2.65 bits per heavy atom. The van der Waals surface area contributed by atoms with Gasteiger partial charge in [-0.1, -0.05) is 19.9 Å². The lowest BCUT2D eigenvalue weighted by Crippen LogP contribution is -2.27. The quantitative estimate of drug-likeness (QED) is 0.677. The number of hydrogen-bond acceptors (Lipinski definition) is 3. The van der Waals surface area contributed by atoms with Gasteiger partial charge in [-0.2, -0.15) is 0 Å². The van der Waals surface area contributed by atoms with E-state index in [1.807, 2.05) is 13.0 Å². The number of alkyl halides is 1. The molecule has 0 heterocycles. The van der Waals surface area contributed by atoms with Crippen molar-refractivity contribution in [3.63, 3.8) is 0 Å². The van der Waals surface area contributed by atoms with Gasteiger partial charge < -0.3 is 15.7 Å². The Morgan fingerprint density at radius 2 is 2.05 bits per heavy atom. The monoisotopic (exact) mass is 298 g/mol. The smallest absolute Gasteiger partial charge is 0.251 e. The van der Waals surface area contributed by atoms with Crippen molar-refractivity contribution in [3.8, 4) is 0 Å². The summed E-state index contributed by atoms with van der Waals surface area (Å²) >= 11 is 5.56. The number of benzene rings is 1. The van der Waals surface area contributed by atoms with Crippen LogP contribution in [0.3, 0.4) is 0 Å². The van der Waals surface area contributed by atoms with E-state index in [9.17, 15) is 9.90 Å². The summed E-state index contributed by atoms with van der Waals surface area (Å²) in [6.07, 6.45) is -0.602. The molecule has 0 saturated heterocycles. The van der Waals surface area contributed by atoms with Crippen LogP contribution >= 0.6 is 11.6 Å². The molecule has 5 heteroatoms. The van der Waals surface area contributed by atoms with E-state index < -0.39 is 6.10 Å². The number of aliphatic hydroxyl groups is 1. The molecule has 1 unspecified atom stereocenters. The van der Waals surface area contributed by atoms with E-state index in [4.69, 9.17) is 11.6 Å². The molecule has 0 radical (unpaired) electrons. The molecule has 1 aromatic rings. The third-order valence-electron chi connectivity index (χ3n) is 2.88. The lowest BCUT2D eigenvalue weighted by atomic mass is 10.1. The van der Waals surface area contributed by atoms with E-state index in [2.05, 4.69) is 24.5 Å². The molecule has 112 valence electrons. The molecule has 4 nitrogen and oxygen atoms in total. The largest absolute Gasteiger partial charge is 0.390 e. The van der Waals surface area contributed by atoms with Crippen LogP contribution in [-0.4, -0.2) is 36.1 Å². The number of rotatable bonds is 7. The molecule has 1 rings (SSSR count). The SMILES string of the molecule is Cc1ccc(C(=O)NCC(C)C)cc1NCC(O)CCl. The summed E-state index contributed by atoms with van der Waals surface area (Å²) in [6.45, 7) is 7.07. The number of carbonyl (C=O) groups excluding carboxylic acids is 1. The summed E-state index contributed by atoms with van der Waals surface area (Å²) in [5.74, 6) is 0.515. The van der Waals surface area contributed by atoms with Crippen molar-refractivity contribution in [2.75, 3.05) is 24.3 Å². The van der Waals surface area contributed by atoms with Gasteiger partial charge in [0.05, 0.1) is 12.0 Å². The molecule has 20 heavy (non-hydrogen) atoms. The minimum absolute atomic E-state index is 0.0837. The van der Waals surface area contributed by atoms with Crippen LogP contribution in [0, 0.1) is 12.8 Å². The molecular formula is C15H23ClN2O2. The van der Waals surface area contributed by atoms with Crippen molar-refractivity contribution in [2.45, 2.75) is 26.9 Å². The fourth-order valence-electron chi connectivity index (χ4n) is 1.63. The zero-order chi connectivity index (χ0) is 15.1. The minimum atomic E-state index is -0.602. The number of halogens is 1. The Morgan fingerprint density at radius 1 is 1.35 bits per heavy atom. The number of hydrogen-bond donors (Lipinski definition) is 3. The van der Waals surface area contributed by atoms with Gasteiger partial charge in [0.2, 0.25) is 0 Å². The third-order valence-corrected chi connectivity index (χ3v) is 3.23. The Balaban J connectivity index is 2.72. The zero-order valence-electron chi connectivity index (χ0n) is 12.2. The zero-order valence-corrected chi connectivity index (χ0v) is 13.0. The number of carbonyl (C=O) groups is 1. The molecule has 1 aromatic carbocycles. The summed E-state index contributed by atoms with van der Waals surface area (Å²) in [6, 6.07) is 5.49. The van der Waals surface area contributed by atoms with Crippen LogP contribution < -0.4 is 10.6 Å². The van der Waals surface area contributed by atoms with E-state index in [0.29, 0.717) is 24.6 Å². The first kappa shape index (κ1) is 16.8. The highest BCUT2D eigenvalue weighted by atomic mass is 35.5. The Labute approximate surface area is 125 Å². The number of amides is 1. The van der Waals surface area contributed by atoms with Crippen molar-refractivity contribution in [1.82, 2.24) is 5.32 Å². The van der Waals surface area contributed by atoms with Crippen LogP contribution in [0.4, 0.5) is 5.69 Å². The van der Waals surface area contributed by atoms with Gasteiger partial charge in [-0.05, 0) is 30.5 Å². The molecule has 0 fully saturated rings. The number of anilines is 1. The Bertz CT molecular complexity index is 449. The summed E-state index contributed by atoms with van der Waals surface area (Å²) in [5, 5.41) is 15.5. The summed E-state index contributed by atoms with van der Waals surface area (Å²) in [4.78, 5) is 12.0. The first-order valence-corrected chi connectivity index (χ1v) is 7.34. The maximum atomic E-state index is 12.0. The van der Waals surface area contributed by atoms with Crippen LogP contribution in [0.5, 0.6) is 0 Å². The first-order valence-electron chi connectivity index (χ1n) is 6.80. The number of aryl methyl sites for hydroxylation is 1. The maximum absolute atomic E-state index is 12.0. The van der Waals surface area contributed by atoms with E-state index in [0.717, 1.165) is 11.3 Å². The van der Waals surface area contributed by atoms with Crippen molar-refractivity contribution in [1.29, 1.82) is 0 Å². The van der Waals surface area contributed by atoms with E-state index >= 15 is 0 Å². The summed E-state index contributed by atoms with van der Waals surface area (Å²) in [7, 11) is 0. The molecule has 0 aliphatic carbocycles. The molecule has 0 aliphatic heterocycles. The molecule has 0 aromatic heterocycles. The lowest BCUT2D eigenvalue weighted by Gasteiger charge is -2.14. The van der Waals surface area contributed by atoms with Crippen molar-refractivity contribution in [2.24, 2.45) is 5.92 Å². The normalized spacial score (nSPS) is 12.3. The van der Waals surface area contributed by atoms with Gasteiger partial charge in [0, 0.05) is 24.3 Å². The average molecular weight is 299 g/mol. The third kappa shape index (κ3) is 5.39. The van der Waals surface area contributed by atoms with Crippen molar-refractivity contribution in [3.05, 3.63) is 29.3 Å². The molecule has 0 spiro atoms. The van der Waals surface area contributed by atoms with Gasteiger partial charge in [-0.15, -0.1) is 11.6 Å². The standard InChI is InChI=1S/C15H23ClN2O2/c1-10(2)8-18-15(20)12-5-4-11(3)14(6-12)17-9-13(19)7-16/h4-6,10,13,17,19H,7-9H2,1-3H3,(H,18,20). The number of nitrogens with one attached hydrogen (secondary N) is 2. The van der Waals surface area contributed by atoms with Gasteiger partial charge in [0.25, 0.3) is 5.91 Å². The molecule has 0 bridgehead atoms. The minimum Gasteiger partial charge on any atom is -0.390 e. The molecular weight excluding hydrogens is 276 g/mol. The van der Waals surface area contributed by atoms with Gasteiger partial charge in [-0.3, -0.25) is 4.79 Å². The van der Waals surface area contributed by atoms with Gasteiger partial charge in [0.1, 0.15) is 0 Å². The Hall–Kier alpha value is -1.26. The lowest BCUT2D eigenvalue weighted by molar-refractivity contribution is 0.0949. The summed E-state index contributed by atoms with van der Waals surface area (Å²) < 4.78 is 0. The Kier molecular flexibility index (Phi) is 6.82. The highest BCUT2D eigenvalue weighted by Gasteiger charge is 2.09. The molecule has 0 saturated carbocycles. The van der Waals surface area contributed by atoms with E-state index in [-0.39, 0.29) is 11.8 Å². The topological polar surface area (TPSA) is 61.4 Å². The van der Waals surface area contributed by atoms with Crippen LogP contribution in [0.25, 0.3) is 0 Å². The van der Waals surface area contributed by atoms with Crippen LogP contribution in [0.15, 0.2) is 18.2 Å². The predicted octanol–water partition coefficient (Wildman–Crippen LogP) is 2.39. The second-order valence-corrected chi connectivity index (χ2v) is 5.63. The van der Waals surface area contributed by atoms with Crippen LogP contribution in [0.2, 0.25) is 0 Å². The fraction of sp³-hybridized carbons (Fsp3) is 0.533. The van der Waals surface area contributed by atoms with Crippen molar-refractivity contribution < 1.29 is 9.90 Å². The highest BCUT2D eigenvalue weighted by molar-refractivity contribution is 6.18. The number of aliphatic hydroxyl groups excluding tert-OH is 1. The maximum Gasteiger partial charge on any atom is 0.251 e. The first-order chi connectivity index (χ1) is 9.43. The molecule has 0 aliphatic rings. The predicted molar refractivity (Wildman–Crippen MR) is 83.6 cm³/mol. The second-order valence-electron chi connectivity index (χ2n) is 5.32.